The zero-order valence-corrected chi connectivity index (χ0v) is 15.0. The van der Waals surface area contributed by atoms with Gasteiger partial charge in [-0.3, -0.25) is 14.4 Å². The Kier molecular flexibility index (Phi) is 8.38. The summed E-state index contributed by atoms with van der Waals surface area (Å²) < 4.78 is 0. The molecular formula is C18H24N4O4. The van der Waals surface area contributed by atoms with Gasteiger partial charge in [0.05, 0.1) is 23.5 Å². The molecule has 0 fully saturated rings. The zero-order valence-electron chi connectivity index (χ0n) is 15.0. The van der Waals surface area contributed by atoms with Crippen LogP contribution in [-0.2, 0) is 9.59 Å². The topological polar surface area (TPSA) is 146 Å². The van der Waals surface area contributed by atoms with Crippen LogP contribution in [0.25, 0.3) is 0 Å². The first kappa shape index (κ1) is 21.3. The van der Waals surface area contributed by atoms with E-state index in [4.69, 9.17) is 16.1 Å². The molecule has 0 aliphatic heterocycles. The summed E-state index contributed by atoms with van der Waals surface area (Å²) in [5, 5.41) is 20.5. The predicted octanol–water partition coefficient (Wildman–Crippen LogP) is 2.09. The molecule has 0 unspecified atom stereocenters. The number of anilines is 1. The standard InChI is InChI=1S/C18H24N4O4/c1-3-4-5-11(2)18(26)22-12-8-13(15(9-19)21-10-12)17(25)14(20)6-7-16(23)24/h8,10-11,14H,3-7,20H2,1-2H3,(H,22,26)(H,23,24)/t11-,14-/m0/s1. The number of pyridine rings is 1. The number of unbranched alkanes of at least 4 members (excludes halogenated alkanes) is 1. The van der Waals surface area contributed by atoms with E-state index in [0.29, 0.717) is 5.69 Å². The van der Waals surface area contributed by atoms with Crippen molar-refractivity contribution in [1.29, 1.82) is 5.26 Å². The quantitative estimate of drug-likeness (QED) is 0.541. The zero-order chi connectivity index (χ0) is 19.7. The first-order valence-electron chi connectivity index (χ1n) is 8.52. The van der Waals surface area contributed by atoms with E-state index in [1.54, 1.807) is 0 Å². The van der Waals surface area contributed by atoms with Gasteiger partial charge in [-0.1, -0.05) is 26.7 Å². The van der Waals surface area contributed by atoms with Gasteiger partial charge in [0.15, 0.2) is 11.5 Å². The number of amides is 1. The smallest absolute Gasteiger partial charge is 0.303 e. The number of hydrogen-bond donors (Lipinski definition) is 3. The van der Waals surface area contributed by atoms with E-state index in [0.717, 1.165) is 19.3 Å². The lowest BCUT2D eigenvalue weighted by Gasteiger charge is -2.14. The summed E-state index contributed by atoms with van der Waals surface area (Å²) in [5.74, 6) is -2.03. The van der Waals surface area contributed by atoms with Crippen LogP contribution in [0.5, 0.6) is 0 Å². The van der Waals surface area contributed by atoms with E-state index < -0.39 is 17.8 Å². The fourth-order valence-corrected chi connectivity index (χ4v) is 2.33. The number of nitrogens with zero attached hydrogens (tertiary/aromatic N) is 2. The highest BCUT2D eigenvalue weighted by atomic mass is 16.4. The lowest BCUT2D eigenvalue weighted by Crippen LogP contribution is -2.32. The molecule has 0 radical (unpaired) electrons. The fraction of sp³-hybridized carbons (Fsp3) is 0.500. The Labute approximate surface area is 152 Å². The highest BCUT2D eigenvalue weighted by molar-refractivity contribution is 6.03. The van der Waals surface area contributed by atoms with E-state index in [9.17, 15) is 14.4 Å². The minimum atomic E-state index is -1.06. The summed E-state index contributed by atoms with van der Waals surface area (Å²) in [6.45, 7) is 3.86. The number of carbonyl (C=O) groups excluding carboxylic acids is 2. The number of rotatable bonds is 10. The molecule has 4 N–H and O–H groups in total. The predicted molar refractivity (Wildman–Crippen MR) is 95.4 cm³/mol. The lowest BCUT2D eigenvalue weighted by molar-refractivity contribution is -0.137. The number of aliphatic carboxylic acids is 1. The average Bonchev–Trinajstić information content (AvgIpc) is 2.63. The summed E-state index contributed by atoms with van der Waals surface area (Å²) in [5.41, 5.74) is 5.90. The van der Waals surface area contributed by atoms with Crippen LogP contribution in [0.2, 0.25) is 0 Å². The molecule has 1 rings (SSSR count). The molecule has 8 heteroatoms. The van der Waals surface area contributed by atoms with Crippen LogP contribution in [0.1, 0.15) is 62.0 Å². The van der Waals surface area contributed by atoms with Crippen LogP contribution in [0.4, 0.5) is 5.69 Å². The number of Topliss-reactive ketones (excluding diaryl/α,β-unsaturated/α-hetero) is 1. The third kappa shape index (κ3) is 6.26. The molecule has 1 aromatic heterocycles. The molecule has 140 valence electrons. The van der Waals surface area contributed by atoms with Crippen molar-refractivity contribution in [2.75, 3.05) is 5.32 Å². The number of carboxylic acids is 1. The number of carboxylic acid groups (broad SMARTS) is 1. The van der Waals surface area contributed by atoms with Crippen molar-refractivity contribution < 1.29 is 19.5 Å². The first-order chi connectivity index (χ1) is 12.3. The van der Waals surface area contributed by atoms with Gasteiger partial charge < -0.3 is 16.2 Å². The van der Waals surface area contributed by atoms with Gasteiger partial charge in [0.25, 0.3) is 0 Å². The fourth-order valence-electron chi connectivity index (χ4n) is 2.33. The molecule has 8 nitrogen and oxygen atoms in total. The third-order valence-electron chi connectivity index (χ3n) is 3.97. The summed E-state index contributed by atoms with van der Waals surface area (Å²) in [4.78, 5) is 39.1. The molecule has 0 aliphatic rings. The van der Waals surface area contributed by atoms with Crippen molar-refractivity contribution in [2.45, 2.75) is 52.0 Å². The summed E-state index contributed by atoms with van der Waals surface area (Å²) in [7, 11) is 0. The van der Waals surface area contributed by atoms with Gasteiger partial charge in [0.2, 0.25) is 5.91 Å². The summed E-state index contributed by atoms with van der Waals surface area (Å²) in [6.07, 6.45) is 3.67. The number of aromatic nitrogens is 1. The number of nitrogens with two attached hydrogens (primary N) is 1. The van der Waals surface area contributed by atoms with Crippen molar-refractivity contribution in [1.82, 2.24) is 4.98 Å². The van der Waals surface area contributed by atoms with Crippen molar-refractivity contribution >= 4 is 23.3 Å². The largest absolute Gasteiger partial charge is 0.481 e. The maximum Gasteiger partial charge on any atom is 0.303 e. The summed E-state index contributed by atoms with van der Waals surface area (Å²) in [6, 6.07) is 2.11. The highest BCUT2D eigenvalue weighted by Crippen LogP contribution is 2.17. The van der Waals surface area contributed by atoms with Gasteiger partial charge in [-0.25, -0.2) is 4.98 Å². The van der Waals surface area contributed by atoms with Gasteiger partial charge in [0.1, 0.15) is 6.07 Å². The molecule has 1 aromatic rings. The van der Waals surface area contributed by atoms with Gasteiger partial charge in [0, 0.05) is 12.3 Å². The number of hydrogen-bond acceptors (Lipinski definition) is 6. The second-order valence-electron chi connectivity index (χ2n) is 6.17. The number of nitrogens with one attached hydrogen (secondary N) is 1. The van der Waals surface area contributed by atoms with Crippen molar-refractivity contribution in [3.8, 4) is 6.07 Å². The minimum absolute atomic E-state index is 0.0237. The van der Waals surface area contributed by atoms with E-state index in [1.165, 1.54) is 12.3 Å². The second-order valence-corrected chi connectivity index (χ2v) is 6.17. The van der Waals surface area contributed by atoms with Crippen molar-refractivity contribution in [2.24, 2.45) is 11.7 Å². The van der Waals surface area contributed by atoms with Crippen LogP contribution in [0.15, 0.2) is 12.3 Å². The Hall–Kier alpha value is -2.79. The monoisotopic (exact) mass is 360 g/mol. The Morgan fingerprint density at radius 2 is 2.08 bits per heavy atom. The van der Waals surface area contributed by atoms with E-state index >= 15 is 0 Å². The van der Waals surface area contributed by atoms with Gasteiger partial charge in [-0.15, -0.1) is 0 Å². The lowest BCUT2D eigenvalue weighted by atomic mass is 9.99. The average molecular weight is 360 g/mol. The van der Waals surface area contributed by atoms with Crippen molar-refractivity contribution in [3.05, 3.63) is 23.5 Å². The molecule has 0 aliphatic carbocycles. The van der Waals surface area contributed by atoms with Gasteiger partial charge in [-0.2, -0.15) is 5.26 Å². The Balaban J connectivity index is 2.94. The molecule has 26 heavy (non-hydrogen) atoms. The van der Waals surface area contributed by atoms with Gasteiger partial charge in [-0.05, 0) is 18.9 Å². The Bertz CT molecular complexity index is 712. The second kappa shape index (κ2) is 10.3. The Morgan fingerprint density at radius 3 is 2.65 bits per heavy atom. The molecular weight excluding hydrogens is 336 g/mol. The normalized spacial score (nSPS) is 12.7. The van der Waals surface area contributed by atoms with Crippen LogP contribution in [0.3, 0.4) is 0 Å². The first-order valence-corrected chi connectivity index (χ1v) is 8.52. The van der Waals surface area contributed by atoms with E-state index in [2.05, 4.69) is 10.3 Å². The maximum absolute atomic E-state index is 12.4. The van der Waals surface area contributed by atoms with Crippen LogP contribution in [0, 0.1) is 17.2 Å². The molecule has 0 saturated carbocycles. The SMILES string of the molecule is CCCC[C@H](C)C(=O)Nc1cnc(C#N)c(C(=O)[C@@H](N)CCC(=O)O)c1. The van der Waals surface area contributed by atoms with Crippen LogP contribution < -0.4 is 11.1 Å². The number of carbonyl (C=O) groups is 3. The molecule has 0 aromatic carbocycles. The van der Waals surface area contributed by atoms with E-state index in [1.807, 2.05) is 19.9 Å². The molecule has 1 heterocycles. The molecule has 1 amide bonds. The molecule has 0 bridgehead atoms. The third-order valence-corrected chi connectivity index (χ3v) is 3.97. The molecule has 2 atom stereocenters. The minimum Gasteiger partial charge on any atom is -0.481 e. The maximum atomic E-state index is 12.4. The highest BCUT2D eigenvalue weighted by Gasteiger charge is 2.22. The number of nitriles is 1. The van der Waals surface area contributed by atoms with Crippen LogP contribution >= 0.6 is 0 Å². The van der Waals surface area contributed by atoms with Crippen molar-refractivity contribution in [3.63, 3.8) is 0 Å². The van der Waals surface area contributed by atoms with Crippen LogP contribution in [-0.4, -0.2) is 33.8 Å². The summed E-state index contributed by atoms with van der Waals surface area (Å²) >= 11 is 0. The molecule has 0 spiro atoms. The molecule has 0 saturated heterocycles. The Morgan fingerprint density at radius 1 is 1.38 bits per heavy atom. The van der Waals surface area contributed by atoms with E-state index in [-0.39, 0.29) is 35.9 Å². The number of ketones is 1. The van der Waals surface area contributed by atoms with Gasteiger partial charge >= 0.3 is 5.97 Å².